The Balaban J connectivity index is 1.88. The van der Waals surface area contributed by atoms with Crippen LogP contribution in [0, 0.1) is 0 Å². The predicted molar refractivity (Wildman–Crippen MR) is 79.4 cm³/mol. The lowest BCUT2D eigenvalue weighted by atomic mass is 10.2. The van der Waals surface area contributed by atoms with E-state index < -0.39 is 6.03 Å². The van der Waals surface area contributed by atoms with Gasteiger partial charge >= 0.3 is 6.03 Å². The normalized spacial score (nSPS) is 15.6. The average molecular weight is 292 g/mol. The molecule has 3 N–H and O–H groups in total. The monoisotopic (exact) mass is 292 g/mol. The van der Waals surface area contributed by atoms with Crippen LogP contribution < -0.4 is 20.7 Å². The minimum Gasteiger partial charge on any atom is -0.495 e. The second-order valence-electron chi connectivity index (χ2n) is 4.85. The summed E-state index contributed by atoms with van der Waals surface area (Å²) in [5, 5.41) is 2.08. The third-order valence-corrected chi connectivity index (χ3v) is 3.43. The molecule has 2 rings (SSSR count). The molecule has 3 amide bonds. The number of urea groups is 1. The van der Waals surface area contributed by atoms with Crippen molar-refractivity contribution in [1.82, 2.24) is 10.2 Å². The Labute approximate surface area is 123 Å². The van der Waals surface area contributed by atoms with Gasteiger partial charge < -0.3 is 15.4 Å². The van der Waals surface area contributed by atoms with Crippen molar-refractivity contribution in [1.29, 1.82) is 0 Å². The Morgan fingerprint density at radius 1 is 1.24 bits per heavy atom. The molecule has 0 aromatic heterocycles. The van der Waals surface area contributed by atoms with E-state index in [1.165, 1.54) is 0 Å². The zero-order valence-electron chi connectivity index (χ0n) is 12.0. The summed E-state index contributed by atoms with van der Waals surface area (Å²) in [6.45, 7) is 3.26. The molecule has 0 saturated carbocycles. The number of ether oxygens (including phenoxy) is 1. The fourth-order valence-corrected chi connectivity index (χ4v) is 2.42. The highest BCUT2D eigenvalue weighted by Crippen LogP contribution is 2.28. The van der Waals surface area contributed by atoms with Gasteiger partial charge in [0.1, 0.15) is 5.75 Å². The fourth-order valence-electron chi connectivity index (χ4n) is 2.42. The maximum atomic E-state index is 11.5. The van der Waals surface area contributed by atoms with Crippen molar-refractivity contribution < 1.29 is 14.3 Å². The Hall–Kier alpha value is -2.28. The minimum atomic E-state index is -0.812. The molecule has 1 saturated heterocycles. The number of carbonyl (C=O) groups excluding carboxylic acids is 2. The molecule has 21 heavy (non-hydrogen) atoms. The molecule has 1 aliphatic rings. The van der Waals surface area contributed by atoms with Gasteiger partial charge in [-0.25, -0.2) is 4.79 Å². The number of para-hydroxylation sites is 2. The standard InChI is InChI=1S/C14H20N4O3/c1-21-12-5-3-2-4-11(12)18-8-6-17(7-9-18)10-13(19)16-14(15)20/h2-5H,6-10H2,1H3,(H3,15,16,19,20). The maximum Gasteiger partial charge on any atom is 0.318 e. The van der Waals surface area contributed by atoms with Gasteiger partial charge in [0.2, 0.25) is 5.91 Å². The number of hydrogen-bond donors (Lipinski definition) is 2. The summed E-state index contributed by atoms with van der Waals surface area (Å²) in [6.07, 6.45) is 0. The van der Waals surface area contributed by atoms with Gasteiger partial charge in [0.15, 0.2) is 0 Å². The second kappa shape index (κ2) is 6.94. The van der Waals surface area contributed by atoms with Crippen molar-refractivity contribution in [3.8, 4) is 5.75 Å². The van der Waals surface area contributed by atoms with Crippen molar-refractivity contribution >= 4 is 17.6 Å². The Morgan fingerprint density at radius 2 is 1.90 bits per heavy atom. The molecule has 1 aromatic rings. The van der Waals surface area contributed by atoms with Crippen LogP contribution in [0.4, 0.5) is 10.5 Å². The van der Waals surface area contributed by atoms with Crippen LogP contribution in [-0.2, 0) is 4.79 Å². The summed E-state index contributed by atoms with van der Waals surface area (Å²) in [5.41, 5.74) is 5.97. The molecule has 114 valence electrons. The molecule has 0 unspecified atom stereocenters. The van der Waals surface area contributed by atoms with Crippen molar-refractivity contribution in [2.24, 2.45) is 5.73 Å². The summed E-state index contributed by atoms with van der Waals surface area (Å²) < 4.78 is 5.36. The number of amides is 3. The molecule has 0 spiro atoms. The number of methoxy groups -OCH3 is 1. The number of nitrogens with zero attached hydrogens (tertiary/aromatic N) is 2. The zero-order chi connectivity index (χ0) is 15.2. The summed E-state index contributed by atoms with van der Waals surface area (Å²) in [7, 11) is 1.66. The number of primary amides is 1. The van der Waals surface area contributed by atoms with E-state index in [0.29, 0.717) is 0 Å². The summed E-state index contributed by atoms with van der Waals surface area (Å²) in [4.78, 5) is 26.3. The molecule has 0 aliphatic carbocycles. The number of carbonyl (C=O) groups is 2. The van der Waals surface area contributed by atoms with Gasteiger partial charge in [0.05, 0.1) is 19.3 Å². The number of nitrogens with one attached hydrogen (secondary N) is 1. The third-order valence-electron chi connectivity index (χ3n) is 3.43. The molecule has 7 nitrogen and oxygen atoms in total. The first-order valence-electron chi connectivity index (χ1n) is 6.79. The van der Waals surface area contributed by atoms with Crippen LogP contribution in [0.2, 0.25) is 0 Å². The average Bonchev–Trinajstić information content (AvgIpc) is 2.47. The largest absolute Gasteiger partial charge is 0.495 e. The van der Waals surface area contributed by atoms with Gasteiger partial charge in [-0.1, -0.05) is 12.1 Å². The van der Waals surface area contributed by atoms with Gasteiger partial charge in [-0.05, 0) is 12.1 Å². The zero-order valence-corrected chi connectivity index (χ0v) is 12.0. The minimum absolute atomic E-state index is 0.183. The van der Waals surface area contributed by atoms with Crippen LogP contribution in [0.5, 0.6) is 5.75 Å². The maximum absolute atomic E-state index is 11.5. The molecular weight excluding hydrogens is 272 g/mol. The summed E-state index contributed by atoms with van der Waals surface area (Å²) in [6, 6.07) is 7.06. The lowest BCUT2D eigenvalue weighted by Crippen LogP contribution is -2.50. The molecule has 1 aliphatic heterocycles. The number of rotatable bonds is 4. The van der Waals surface area contributed by atoms with Crippen LogP contribution >= 0.6 is 0 Å². The lowest BCUT2D eigenvalue weighted by Gasteiger charge is -2.36. The van der Waals surface area contributed by atoms with Crippen LogP contribution in [0.25, 0.3) is 0 Å². The first kappa shape index (κ1) is 15.1. The third kappa shape index (κ3) is 4.09. The number of anilines is 1. The van der Waals surface area contributed by atoms with E-state index in [1.807, 2.05) is 29.2 Å². The van der Waals surface area contributed by atoms with Gasteiger partial charge in [0, 0.05) is 26.2 Å². The Kier molecular flexibility index (Phi) is 4.99. The lowest BCUT2D eigenvalue weighted by molar-refractivity contribution is -0.121. The summed E-state index contributed by atoms with van der Waals surface area (Å²) >= 11 is 0. The molecule has 0 bridgehead atoms. The highest BCUT2D eigenvalue weighted by atomic mass is 16.5. The first-order chi connectivity index (χ1) is 10.1. The van der Waals surface area contributed by atoms with Crippen LogP contribution in [0.15, 0.2) is 24.3 Å². The van der Waals surface area contributed by atoms with Crippen LogP contribution in [-0.4, -0.2) is 56.7 Å². The van der Waals surface area contributed by atoms with Gasteiger partial charge in [-0.2, -0.15) is 0 Å². The molecule has 0 atom stereocenters. The van der Waals surface area contributed by atoms with E-state index >= 15 is 0 Å². The highest BCUT2D eigenvalue weighted by molar-refractivity contribution is 5.94. The highest BCUT2D eigenvalue weighted by Gasteiger charge is 2.21. The van der Waals surface area contributed by atoms with Crippen LogP contribution in [0.1, 0.15) is 0 Å². The van der Waals surface area contributed by atoms with E-state index in [2.05, 4.69) is 10.2 Å². The SMILES string of the molecule is COc1ccccc1N1CCN(CC(=O)NC(N)=O)CC1. The van der Waals surface area contributed by atoms with E-state index in [0.717, 1.165) is 37.6 Å². The van der Waals surface area contributed by atoms with E-state index in [4.69, 9.17) is 10.5 Å². The van der Waals surface area contributed by atoms with Crippen molar-refractivity contribution in [3.63, 3.8) is 0 Å². The van der Waals surface area contributed by atoms with Crippen molar-refractivity contribution in [2.75, 3.05) is 44.7 Å². The Bertz CT molecular complexity index is 513. The number of imide groups is 1. The Morgan fingerprint density at radius 3 is 2.52 bits per heavy atom. The molecule has 1 heterocycles. The summed E-state index contributed by atoms with van der Waals surface area (Å²) in [5.74, 6) is 0.477. The smallest absolute Gasteiger partial charge is 0.318 e. The van der Waals surface area contributed by atoms with Crippen LogP contribution in [0.3, 0.4) is 0 Å². The van der Waals surface area contributed by atoms with Crippen molar-refractivity contribution in [2.45, 2.75) is 0 Å². The van der Waals surface area contributed by atoms with E-state index in [1.54, 1.807) is 7.11 Å². The molecular formula is C14H20N4O3. The van der Waals surface area contributed by atoms with Gasteiger partial charge in [0.25, 0.3) is 0 Å². The number of piperazine rings is 1. The van der Waals surface area contributed by atoms with E-state index in [9.17, 15) is 9.59 Å². The van der Waals surface area contributed by atoms with Gasteiger partial charge in [-0.15, -0.1) is 0 Å². The second-order valence-corrected chi connectivity index (χ2v) is 4.85. The molecule has 0 radical (unpaired) electrons. The number of hydrogen-bond acceptors (Lipinski definition) is 5. The first-order valence-corrected chi connectivity index (χ1v) is 6.79. The van der Waals surface area contributed by atoms with Crippen molar-refractivity contribution in [3.05, 3.63) is 24.3 Å². The quantitative estimate of drug-likeness (QED) is 0.816. The number of nitrogens with two attached hydrogens (primary N) is 1. The topological polar surface area (TPSA) is 87.9 Å². The molecule has 7 heteroatoms. The molecule has 1 fully saturated rings. The fraction of sp³-hybridized carbons (Fsp3) is 0.429. The van der Waals surface area contributed by atoms with Gasteiger partial charge in [-0.3, -0.25) is 15.0 Å². The number of benzene rings is 1. The molecule has 1 aromatic carbocycles. The predicted octanol–water partition coefficient (Wildman–Crippen LogP) is 0.0121. The van der Waals surface area contributed by atoms with E-state index in [-0.39, 0.29) is 12.5 Å².